The van der Waals surface area contributed by atoms with Gasteiger partial charge < -0.3 is 20.1 Å². The van der Waals surface area contributed by atoms with E-state index in [0.29, 0.717) is 45.6 Å². The normalized spacial score (nSPS) is 10.3. The summed E-state index contributed by atoms with van der Waals surface area (Å²) in [4.78, 5) is 25.1. The highest BCUT2D eigenvalue weighted by atomic mass is 35.5. The molecular weight excluding hydrogens is 486 g/mol. The van der Waals surface area contributed by atoms with Gasteiger partial charge >= 0.3 is 0 Å². The lowest BCUT2D eigenvalue weighted by Crippen LogP contribution is -2.34. The van der Waals surface area contributed by atoms with Crippen LogP contribution in [0, 0.1) is 0 Å². The lowest BCUT2D eigenvalue weighted by molar-refractivity contribution is 0.0976. The van der Waals surface area contributed by atoms with Crippen LogP contribution in [0.15, 0.2) is 66.7 Å². The average molecular weight is 512 g/mol. The van der Waals surface area contributed by atoms with E-state index < -0.39 is 0 Å². The number of amides is 2. The summed E-state index contributed by atoms with van der Waals surface area (Å²) in [7, 11) is 1.49. The number of methoxy groups -OCH3 is 1. The van der Waals surface area contributed by atoms with Crippen molar-refractivity contribution in [1.29, 1.82) is 0 Å². The minimum absolute atomic E-state index is 0.119. The zero-order valence-electron chi connectivity index (χ0n) is 19.4. The first kappa shape index (κ1) is 26.0. The number of carbonyl (C=O) groups is 2. The summed E-state index contributed by atoms with van der Waals surface area (Å²) in [6.45, 7) is 2.74. The van der Waals surface area contributed by atoms with Crippen molar-refractivity contribution in [3.63, 3.8) is 0 Å². The molecule has 0 spiro atoms. The molecule has 0 radical (unpaired) electrons. The minimum Gasteiger partial charge on any atom is -0.494 e. The van der Waals surface area contributed by atoms with Gasteiger partial charge in [-0.1, -0.05) is 37.1 Å². The summed E-state index contributed by atoms with van der Waals surface area (Å²) in [6.07, 6.45) is 2.03. The predicted octanol–water partition coefficient (Wildman–Crippen LogP) is 5.91. The van der Waals surface area contributed by atoms with E-state index in [1.54, 1.807) is 66.7 Å². The van der Waals surface area contributed by atoms with Gasteiger partial charge in [0.05, 0.1) is 30.0 Å². The molecule has 0 aliphatic rings. The molecule has 3 rings (SSSR count). The van der Waals surface area contributed by atoms with Gasteiger partial charge in [-0.2, -0.15) is 0 Å². The molecule has 3 aromatic rings. The van der Waals surface area contributed by atoms with Crippen molar-refractivity contribution in [1.82, 2.24) is 5.32 Å². The maximum absolute atomic E-state index is 12.6. The first-order chi connectivity index (χ1) is 16.9. The van der Waals surface area contributed by atoms with E-state index in [2.05, 4.69) is 22.9 Å². The van der Waals surface area contributed by atoms with Crippen LogP contribution in [0.5, 0.6) is 11.5 Å². The Labute approximate surface area is 214 Å². The van der Waals surface area contributed by atoms with Crippen LogP contribution in [0.25, 0.3) is 0 Å². The van der Waals surface area contributed by atoms with Gasteiger partial charge in [0.15, 0.2) is 5.11 Å². The van der Waals surface area contributed by atoms with E-state index in [1.807, 2.05) is 0 Å². The molecule has 182 valence electrons. The van der Waals surface area contributed by atoms with Gasteiger partial charge in [-0.05, 0) is 67.2 Å². The fraction of sp³-hybridized carbons (Fsp3) is 0.192. The van der Waals surface area contributed by atoms with Crippen molar-refractivity contribution in [2.24, 2.45) is 0 Å². The monoisotopic (exact) mass is 511 g/mol. The van der Waals surface area contributed by atoms with Gasteiger partial charge in [-0.3, -0.25) is 14.9 Å². The van der Waals surface area contributed by atoms with Crippen LogP contribution in [0.3, 0.4) is 0 Å². The molecule has 2 amide bonds. The Balaban J connectivity index is 1.59. The molecule has 0 heterocycles. The number of rotatable bonds is 9. The summed E-state index contributed by atoms with van der Waals surface area (Å²) >= 11 is 11.4. The number of carbonyl (C=O) groups excluding carboxylic acids is 2. The third-order valence-electron chi connectivity index (χ3n) is 4.94. The zero-order valence-corrected chi connectivity index (χ0v) is 21.0. The Morgan fingerprint density at radius 3 is 2.40 bits per heavy atom. The molecule has 0 saturated heterocycles. The quantitative estimate of drug-likeness (QED) is 0.244. The van der Waals surface area contributed by atoms with Crippen LogP contribution >= 0.6 is 23.8 Å². The van der Waals surface area contributed by atoms with Crippen molar-refractivity contribution in [2.45, 2.75) is 19.8 Å². The number of hydrogen-bond donors (Lipinski definition) is 3. The van der Waals surface area contributed by atoms with E-state index in [0.717, 1.165) is 12.8 Å². The zero-order chi connectivity index (χ0) is 25.2. The van der Waals surface area contributed by atoms with Crippen molar-refractivity contribution < 1.29 is 19.1 Å². The number of halogens is 1. The standard InChI is InChI=1S/C26H26ClN3O4S/c1-3-4-15-34-19-12-9-17(10-13-19)24(31)30-26(35)28-18-11-14-22(23(16-18)33-2)29-25(32)20-7-5-6-8-21(20)27/h5-14,16H,3-4,15H2,1-2H3,(H,29,32)(H2,28,30,31,35). The topological polar surface area (TPSA) is 88.7 Å². The number of nitrogens with one attached hydrogen (secondary N) is 3. The summed E-state index contributed by atoms with van der Waals surface area (Å²) in [6, 6.07) is 18.6. The summed E-state index contributed by atoms with van der Waals surface area (Å²) in [5, 5.41) is 8.84. The number of ether oxygens (including phenoxy) is 2. The van der Waals surface area contributed by atoms with Crippen molar-refractivity contribution in [2.75, 3.05) is 24.4 Å². The Hall–Kier alpha value is -3.62. The number of anilines is 2. The van der Waals surface area contributed by atoms with Crippen LogP contribution < -0.4 is 25.4 Å². The van der Waals surface area contributed by atoms with E-state index in [1.165, 1.54) is 7.11 Å². The maximum atomic E-state index is 12.6. The summed E-state index contributed by atoms with van der Waals surface area (Å²) < 4.78 is 11.0. The second-order valence-electron chi connectivity index (χ2n) is 7.48. The molecule has 3 N–H and O–H groups in total. The number of hydrogen-bond acceptors (Lipinski definition) is 5. The van der Waals surface area contributed by atoms with Gasteiger partial charge in [0.1, 0.15) is 11.5 Å². The highest BCUT2D eigenvalue weighted by Gasteiger charge is 2.14. The first-order valence-corrected chi connectivity index (χ1v) is 11.8. The molecule has 35 heavy (non-hydrogen) atoms. The second-order valence-corrected chi connectivity index (χ2v) is 8.30. The Morgan fingerprint density at radius 1 is 0.971 bits per heavy atom. The molecule has 7 nitrogen and oxygen atoms in total. The fourth-order valence-electron chi connectivity index (χ4n) is 3.08. The Morgan fingerprint density at radius 2 is 1.71 bits per heavy atom. The van der Waals surface area contributed by atoms with Gasteiger partial charge in [0, 0.05) is 17.3 Å². The number of thiocarbonyl (C=S) groups is 1. The van der Waals surface area contributed by atoms with Gasteiger partial charge in [0.25, 0.3) is 11.8 Å². The predicted molar refractivity (Wildman–Crippen MR) is 143 cm³/mol. The van der Waals surface area contributed by atoms with Gasteiger partial charge in [-0.15, -0.1) is 0 Å². The van der Waals surface area contributed by atoms with Gasteiger partial charge in [-0.25, -0.2) is 0 Å². The molecule has 0 bridgehead atoms. The van der Waals surface area contributed by atoms with Crippen LogP contribution in [0.1, 0.15) is 40.5 Å². The third kappa shape index (κ3) is 7.43. The molecule has 0 aliphatic heterocycles. The third-order valence-corrected chi connectivity index (χ3v) is 5.47. The molecule has 9 heteroatoms. The summed E-state index contributed by atoms with van der Waals surface area (Å²) in [5.74, 6) is 0.407. The smallest absolute Gasteiger partial charge is 0.257 e. The minimum atomic E-state index is -0.362. The lowest BCUT2D eigenvalue weighted by atomic mass is 10.2. The molecule has 0 aromatic heterocycles. The maximum Gasteiger partial charge on any atom is 0.257 e. The van der Waals surface area contributed by atoms with Crippen molar-refractivity contribution in [3.8, 4) is 11.5 Å². The first-order valence-electron chi connectivity index (χ1n) is 11.0. The summed E-state index contributed by atoms with van der Waals surface area (Å²) in [5.41, 5.74) is 1.83. The molecule has 0 fully saturated rings. The van der Waals surface area contributed by atoms with Crippen LogP contribution in [0.4, 0.5) is 11.4 Å². The largest absolute Gasteiger partial charge is 0.494 e. The SMILES string of the molecule is CCCCOc1ccc(C(=O)NC(=S)Nc2ccc(NC(=O)c3ccccc3Cl)c(OC)c2)cc1. The van der Waals surface area contributed by atoms with E-state index in [4.69, 9.17) is 33.3 Å². The average Bonchev–Trinajstić information content (AvgIpc) is 2.85. The van der Waals surface area contributed by atoms with Crippen LogP contribution in [-0.4, -0.2) is 30.6 Å². The van der Waals surface area contributed by atoms with E-state index in [9.17, 15) is 9.59 Å². The number of benzene rings is 3. The Kier molecular flexibility index (Phi) is 9.46. The molecule has 0 atom stereocenters. The molecule has 0 saturated carbocycles. The highest BCUT2D eigenvalue weighted by molar-refractivity contribution is 7.80. The van der Waals surface area contributed by atoms with Crippen molar-refractivity contribution in [3.05, 3.63) is 82.9 Å². The van der Waals surface area contributed by atoms with Crippen LogP contribution in [-0.2, 0) is 0 Å². The van der Waals surface area contributed by atoms with Crippen LogP contribution in [0.2, 0.25) is 5.02 Å². The fourth-order valence-corrected chi connectivity index (χ4v) is 3.51. The lowest BCUT2D eigenvalue weighted by Gasteiger charge is -2.14. The second kappa shape index (κ2) is 12.7. The van der Waals surface area contributed by atoms with E-state index >= 15 is 0 Å². The molecular formula is C26H26ClN3O4S. The highest BCUT2D eigenvalue weighted by Crippen LogP contribution is 2.29. The Bertz CT molecular complexity index is 1200. The number of unbranched alkanes of at least 4 members (excludes halogenated alkanes) is 1. The van der Waals surface area contributed by atoms with Gasteiger partial charge in [0.2, 0.25) is 0 Å². The molecule has 0 aliphatic carbocycles. The molecule has 3 aromatic carbocycles. The van der Waals surface area contributed by atoms with Crippen molar-refractivity contribution >= 4 is 52.1 Å². The molecule has 0 unspecified atom stereocenters. The van der Waals surface area contributed by atoms with E-state index in [-0.39, 0.29) is 16.9 Å².